The fraction of sp³-hybridized carbons (Fsp3) is 0.304. The van der Waals surface area contributed by atoms with Gasteiger partial charge in [-0.1, -0.05) is 30.3 Å². The van der Waals surface area contributed by atoms with Gasteiger partial charge in [0.25, 0.3) is 0 Å². The summed E-state index contributed by atoms with van der Waals surface area (Å²) in [7, 11) is 0. The Morgan fingerprint density at radius 3 is 3.03 bits per heavy atom. The second-order valence-corrected chi connectivity index (χ2v) is 8.19. The summed E-state index contributed by atoms with van der Waals surface area (Å²) in [4.78, 5) is 9.15. The Morgan fingerprint density at radius 2 is 2.29 bits per heavy atom. The molecule has 2 atom stereocenters. The molecular weight excluding hydrogens is 412 g/mol. The first kappa shape index (κ1) is 21.4. The number of hydrogen-bond acceptors (Lipinski definition) is 6. The summed E-state index contributed by atoms with van der Waals surface area (Å²) in [5, 5.41) is 20.5. The van der Waals surface area contributed by atoms with Gasteiger partial charge < -0.3 is 25.6 Å². The Hall–Kier alpha value is -2.87. The molecule has 1 fully saturated rings. The molecule has 3 heterocycles. The van der Waals surface area contributed by atoms with Gasteiger partial charge in [-0.25, -0.2) is 4.98 Å². The molecule has 1 saturated heterocycles. The zero-order valence-corrected chi connectivity index (χ0v) is 18.2. The highest BCUT2D eigenvalue weighted by Gasteiger charge is 2.17. The zero-order valence-electron chi connectivity index (χ0n) is 17.5. The Kier molecular flexibility index (Phi) is 6.56. The molecule has 0 radical (unpaired) electrons. The first-order valence-corrected chi connectivity index (χ1v) is 10.7. The van der Waals surface area contributed by atoms with Crippen LogP contribution in [0.4, 0.5) is 5.95 Å². The van der Waals surface area contributed by atoms with E-state index in [1.54, 1.807) is 0 Å². The molecule has 0 amide bonds. The predicted octanol–water partition coefficient (Wildman–Crippen LogP) is 3.30. The van der Waals surface area contributed by atoms with Crippen LogP contribution >= 0.6 is 11.6 Å². The van der Waals surface area contributed by atoms with Crippen LogP contribution in [0.25, 0.3) is 11.5 Å². The third kappa shape index (κ3) is 5.07. The third-order valence-corrected chi connectivity index (χ3v) is 5.64. The highest BCUT2D eigenvalue weighted by atomic mass is 35.5. The van der Waals surface area contributed by atoms with Crippen molar-refractivity contribution in [3.05, 3.63) is 77.2 Å². The zero-order chi connectivity index (χ0) is 21.8. The largest absolute Gasteiger partial charge is 0.394 e. The highest BCUT2D eigenvalue weighted by Crippen LogP contribution is 2.22. The van der Waals surface area contributed by atoms with Gasteiger partial charge in [-0.15, -0.1) is 0 Å². The number of nitrogens with one attached hydrogen (secondary N) is 3. The van der Waals surface area contributed by atoms with Crippen LogP contribution in [0, 0.1) is 6.92 Å². The van der Waals surface area contributed by atoms with Gasteiger partial charge >= 0.3 is 0 Å². The quantitative estimate of drug-likeness (QED) is 0.431. The van der Waals surface area contributed by atoms with Gasteiger partial charge in [-0.2, -0.15) is 4.98 Å². The Morgan fingerprint density at radius 1 is 1.42 bits per heavy atom. The molecule has 3 aromatic rings. The van der Waals surface area contributed by atoms with E-state index in [2.05, 4.69) is 27.5 Å². The molecule has 7 nitrogen and oxygen atoms in total. The first-order chi connectivity index (χ1) is 15.0. The predicted molar refractivity (Wildman–Crippen MR) is 124 cm³/mol. The van der Waals surface area contributed by atoms with Gasteiger partial charge in [0.05, 0.1) is 12.6 Å². The molecule has 0 bridgehead atoms. The number of nitrogens with zero attached hydrogens (tertiary/aromatic N) is 3. The summed E-state index contributed by atoms with van der Waals surface area (Å²) in [6.07, 6.45) is 6.81. The molecule has 1 unspecified atom stereocenters. The lowest BCUT2D eigenvalue weighted by Gasteiger charge is -2.19. The number of halogens is 1. The standard InChI is InChI=1S/C23H27ClN6O/c1-15-11-26-23(28-20-6-8-25-12-20)29-22(15)30-9-7-18(13-30)16(2)27-21(14-31)17-4-3-5-19(24)10-17/h3-5,7,9-11,13,20-21,25,27,31H,2,6,8,12,14H2,1H3,(H,26,28,29)/t20?,21-/m1/s1. The van der Waals surface area contributed by atoms with Gasteiger partial charge in [-0.3, -0.25) is 0 Å². The molecule has 31 heavy (non-hydrogen) atoms. The molecule has 1 aliphatic heterocycles. The monoisotopic (exact) mass is 438 g/mol. The lowest BCUT2D eigenvalue weighted by Crippen LogP contribution is -2.23. The van der Waals surface area contributed by atoms with Gasteiger partial charge in [0.2, 0.25) is 5.95 Å². The van der Waals surface area contributed by atoms with Gasteiger partial charge in [0.1, 0.15) is 5.82 Å². The smallest absolute Gasteiger partial charge is 0.224 e. The van der Waals surface area contributed by atoms with Gasteiger partial charge in [-0.05, 0) is 43.7 Å². The Balaban J connectivity index is 1.50. The molecule has 2 aromatic heterocycles. The molecule has 4 rings (SSSR count). The minimum absolute atomic E-state index is 0.0733. The van der Waals surface area contributed by atoms with Crippen molar-refractivity contribution in [2.45, 2.75) is 25.4 Å². The van der Waals surface area contributed by atoms with E-state index in [9.17, 15) is 5.11 Å². The maximum absolute atomic E-state index is 9.85. The molecule has 1 aliphatic rings. The number of benzene rings is 1. The molecule has 0 saturated carbocycles. The summed E-state index contributed by atoms with van der Waals surface area (Å²) in [5.74, 6) is 1.44. The first-order valence-electron chi connectivity index (χ1n) is 10.3. The van der Waals surface area contributed by atoms with Crippen molar-refractivity contribution in [2.24, 2.45) is 0 Å². The number of anilines is 1. The number of aliphatic hydroxyl groups excluding tert-OH is 1. The van der Waals surface area contributed by atoms with Gasteiger partial charge in [0, 0.05) is 53.0 Å². The highest BCUT2D eigenvalue weighted by molar-refractivity contribution is 6.30. The van der Waals surface area contributed by atoms with E-state index in [0.717, 1.165) is 42.0 Å². The van der Waals surface area contributed by atoms with Crippen LogP contribution in [-0.2, 0) is 0 Å². The minimum Gasteiger partial charge on any atom is -0.394 e. The molecule has 162 valence electrons. The van der Waals surface area contributed by atoms with Crippen LogP contribution in [0.2, 0.25) is 5.02 Å². The van der Waals surface area contributed by atoms with Crippen molar-refractivity contribution in [2.75, 3.05) is 25.0 Å². The number of hydrogen-bond donors (Lipinski definition) is 4. The summed E-state index contributed by atoms with van der Waals surface area (Å²) in [6, 6.07) is 9.46. The van der Waals surface area contributed by atoms with E-state index in [0.29, 0.717) is 22.7 Å². The molecule has 4 N–H and O–H groups in total. The lowest BCUT2D eigenvalue weighted by molar-refractivity contribution is 0.256. The second kappa shape index (κ2) is 9.51. The lowest BCUT2D eigenvalue weighted by atomic mass is 10.1. The Labute approximate surface area is 187 Å². The van der Waals surface area contributed by atoms with Crippen molar-refractivity contribution in [1.29, 1.82) is 0 Å². The average molecular weight is 439 g/mol. The van der Waals surface area contributed by atoms with Crippen molar-refractivity contribution in [3.63, 3.8) is 0 Å². The summed E-state index contributed by atoms with van der Waals surface area (Å²) in [6.45, 7) is 8.00. The van der Waals surface area contributed by atoms with Crippen LogP contribution in [0.5, 0.6) is 0 Å². The van der Waals surface area contributed by atoms with Crippen LogP contribution < -0.4 is 16.0 Å². The molecule has 8 heteroatoms. The van der Waals surface area contributed by atoms with E-state index in [4.69, 9.17) is 16.6 Å². The van der Waals surface area contributed by atoms with E-state index in [-0.39, 0.29) is 12.6 Å². The summed E-state index contributed by atoms with van der Waals surface area (Å²) in [5.41, 5.74) is 3.50. The molecule has 0 aliphatic carbocycles. The van der Waals surface area contributed by atoms with Crippen molar-refractivity contribution < 1.29 is 5.11 Å². The van der Waals surface area contributed by atoms with Crippen LogP contribution in [0.3, 0.4) is 0 Å². The summed E-state index contributed by atoms with van der Waals surface area (Å²) >= 11 is 6.10. The van der Waals surface area contributed by atoms with Crippen molar-refractivity contribution >= 4 is 23.2 Å². The van der Waals surface area contributed by atoms with Crippen molar-refractivity contribution in [3.8, 4) is 5.82 Å². The minimum atomic E-state index is -0.300. The average Bonchev–Trinajstić information content (AvgIpc) is 3.45. The second-order valence-electron chi connectivity index (χ2n) is 7.75. The maximum atomic E-state index is 9.85. The van der Waals surface area contributed by atoms with E-state index >= 15 is 0 Å². The fourth-order valence-corrected chi connectivity index (χ4v) is 3.88. The van der Waals surface area contributed by atoms with E-state index in [1.807, 2.05) is 60.4 Å². The number of aryl methyl sites for hydroxylation is 1. The topological polar surface area (TPSA) is 87.0 Å². The van der Waals surface area contributed by atoms with E-state index < -0.39 is 0 Å². The third-order valence-electron chi connectivity index (χ3n) is 5.41. The molecule has 1 aromatic carbocycles. The number of rotatable bonds is 8. The normalized spacial score (nSPS) is 16.8. The van der Waals surface area contributed by atoms with Crippen LogP contribution in [-0.4, -0.2) is 45.4 Å². The SMILES string of the molecule is C=C(N[C@H](CO)c1cccc(Cl)c1)c1ccn(-c2nc(NC3CCNC3)ncc2C)c1. The van der Waals surface area contributed by atoms with Crippen LogP contribution in [0.15, 0.2) is 55.5 Å². The van der Waals surface area contributed by atoms with Gasteiger partial charge in [0.15, 0.2) is 0 Å². The molecule has 0 spiro atoms. The van der Waals surface area contributed by atoms with E-state index in [1.165, 1.54) is 0 Å². The fourth-order valence-electron chi connectivity index (χ4n) is 3.68. The number of aromatic nitrogens is 3. The maximum Gasteiger partial charge on any atom is 0.224 e. The number of aliphatic hydroxyl groups is 1. The van der Waals surface area contributed by atoms with Crippen LogP contribution in [0.1, 0.15) is 29.2 Å². The Bertz CT molecular complexity index is 1060. The van der Waals surface area contributed by atoms with Crippen molar-refractivity contribution in [1.82, 2.24) is 25.2 Å². The summed E-state index contributed by atoms with van der Waals surface area (Å²) < 4.78 is 1.96. The molecular formula is C23H27ClN6O.